The van der Waals surface area contributed by atoms with Crippen LogP contribution in [0.5, 0.6) is 0 Å². The van der Waals surface area contributed by atoms with Crippen LogP contribution in [0.3, 0.4) is 0 Å². The Morgan fingerprint density at radius 1 is 1.24 bits per heavy atom. The normalized spacial score (nSPS) is 16.1. The van der Waals surface area contributed by atoms with Crippen LogP contribution in [0, 0.1) is 5.82 Å². The average molecular weight is 534 g/mol. The zero-order valence-electron chi connectivity index (χ0n) is 21.9. The summed E-state index contributed by atoms with van der Waals surface area (Å²) in [5, 5.41) is 12.3. The van der Waals surface area contributed by atoms with Crippen LogP contribution in [-0.4, -0.2) is 72.2 Å². The van der Waals surface area contributed by atoms with Gasteiger partial charge in [0.05, 0.1) is 31.4 Å². The smallest absolute Gasteiger partial charge is 0.414 e. The monoisotopic (exact) mass is 533 g/mol. The molecule has 2 aromatic rings. The summed E-state index contributed by atoms with van der Waals surface area (Å²) >= 11 is 0. The minimum atomic E-state index is -1.34. The van der Waals surface area contributed by atoms with Crippen molar-refractivity contribution in [2.45, 2.75) is 52.0 Å². The molecule has 9 nitrogen and oxygen atoms in total. The van der Waals surface area contributed by atoms with Crippen molar-refractivity contribution in [3.05, 3.63) is 53.8 Å². The van der Waals surface area contributed by atoms with Crippen molar-refractivity contribution in [3.63, 3.8) is 0 Å². The molecule has 0 aliphatic carbocycles. The SMILES string of the molecule is CC(=O)NC[C@H]1CN(c2ccc(-c3ccc(CN(CC(O)CF)C(=O)OC(C)(C)C)cc3)c(F)c2)C(=O)O1. The van der Waals surface area contributed by atoms with Crippen LogP contribution in [0.1, 0.15) is 33.3 Å². The fraction of sp³-hybridized carbons (Fsp3) is 0.444. The highest BCUT2D eigenvalue weighted by Gasteiger charge is 2.32. The number of cyclic esters (lactones) is 1. The van der Waals surface area contributed by atoms with Gasteiger partial charge < -0.3 is 24.8 Å². The van der Waals surface area contributed by atoms with Crippen molar-refractivity contribution in [1.82, 2.24) is 10.2 Å². The van der Waals surface area contributed by atoms with E-state index in [0.29, 0.717) is 22.4 Å². The number of aliphatic hydroxyl groups is 1. The summed E-state index contributed by atoms with van der Waals surface area (Å²) in [4.78, 5) is 38.4. The number of carbonyl (C=O) groups excluding carboxylic acids is 3. The first kappa shape index (κ1) is 28.8. The van der Waals surface area contributed by atoms with Crippen molar-refractivity contribution < 1.29 is 37.7 Å². The molecule has 3 rings (SSSR count). The third-order valence-electron chi connectivity index (χ3n) is 5.62. The first-order valence-corrected chi connectivity index (χ1v) is 12.2. The van der Waals surface area contributed by atoms with Crippen LogP contribution in [0.15, 0.2) is 42.5 Å². The van der Waals surface area contributed by atoms with E-state index in [1.807, 2.05) is 0 Å². The molecule has 2 atom stereocenters. The van der Waals surface area contributed by atoms with Gasteiger partial charge in [0.15, 0.2) is 0 Å². The molecule has 1 saturated heterocycles. The Bertz CT molecular complexity index is 1150. The summed E-state index contributed by atoms with van der Waals surface area (Å²) in [6.07, 6.45) is -3.18. The standard InChI is InChI=1S/C27H33F2N3O6/c1-17(33)30-13-22-16-32(26(36)37-22)20-9-10-23(24(29)11-20)19-7-5-18(6-8-19)14-31(15-21(34)12-28)25(35)38-27(2,3)4/h5-11,21-22,34H,12-16H2,1-4H3,(H,30,33)/t21?,22-/m0/s1. The Balaban J connectivity index is 1.71. The fourth-order valence-electron chi connectivity index (χ4n) is 3.85. The van der Waals surface area contributed by atoms with Gasteiger partial charge in [-0.3, -0.25) is 9.69 Å². The van der Waals surface area contributed by atoms with E-state index in [9.17, 15) is 23.9 Å². The first-order valence-electron chi connectivity index (χ1n) is 12.2. The molecule has 206 valence electrons. The number of amides is 3. The number of carbonyl (C=O) groups is 3. The van der Waals surface area contributed by atoms with Gasteiger partial charge >= 0.3 is 12.2 Å². The predicted octanol–water partition coefficient (Wildman–Crippen LogP) is 4.02. The lowest BCUT2D eigenvalue weighted by atomic mass is 10.0. The van der Waals surface area contributed by atoms with Gasteiger partial charge in [-0.25, -0.2) is 18.4 Å². The van der Waals surface area contributed by atoms with E-state index >= 15 is 4.39 Å². The highest BCUT2D eigenvalue weighted by Crippen LogP contribution is 2.29. The van der Waals surface area contributed by atoms with Crippen molar-refractivity contribution in [1.29, 1.82) is 0 Å². The van der Waals surface area contributed by atoms with Gasteiger partial charge in [-0.05, 0) is 50.1 Å². The number of aliphatic hydroxyl groups excluding tert-OH is 1. The molecule has 0 saturated carbocycles. The molecular weight excluding hydrogens is 500 g/mol. The van der Waals surface area contributed by atoms with E-state index in [1.165, 1.54) is 22.8 Å². The minimum Gasteiger partial charge on any atom is -0.444 e. The molecule has 1 aliphatic heterocycles. The predicted molar refractivity (Wildman–Crippen MR) is 137 cm³/mol. The molecule has 1 heterocycles. The molecule has 0 radical (unpaired) electrons. The molecule has 0 spiro atoms. The molecule has 3 amide bonds. The first-order chi connectivity index (χ1) is 17.9. The summed E-state index contributed by atoms with van der Waals surface area (Å²) in [6.45, 7) is 5.65. The van der Waals surface area contributed by atoms with Crippen molar-refractivity contribution >= 4 is 23.8 Å². The second-order valence-electron chi connectivity index (χ2n) is 10.1. The maximum atomic E-state index is 15.1. The van der Waals surface area contributed by atoms with Gasteiger partial charge in [0.2, 0.25) is 5.91 Å². The third kappa shape index (κ3) is 7.88. The Morgan fingerprint density at radius 3 is 2.50 bits per heavy atom. The zero-order valence-corrected chi connectivity index (χ0v) is 21.9. The number of benzene rings is 2. The quantitative estimate of drug-likeness (QED) is 0.504. The van der Waals surface area contributed by atoms with Gasteiger partial charge in [-0.2, -0.15) is 0 Å². The number of hydrogen-bond acceptors (Lipinski definition) is 6. The number of rotatable bonds is 9. The topological polar surface area (TPSA) is 108 Å². The summed E-state index contributed by atoms with van der Waals surface area (Å²) < 4.78 is 38.5. The Hall–Kier alpha value is -3.73. The van der Waals surface area contributed by atoms with Crippen molar-refractivity contribution in [3.8, 4) is 11.1 Å². The van der Waals surface area contributed by atoms with Crippen LogP contribution in [0.2, 0.25) is 0 Å². The maximum absolute atomic E-state index is 15.1. The van der Waals surface area contributed by atoms with Crippen molar-refractivity contribution in [2.75, 3.05) is 31.2 Å². The molecule has 2 N–H and O–H groups in total. The molecule has 2 aromatic carbocycles. The summed E-state index contributed by atoms with van der Waals surface area (Å²) in [6, 6.07) is 11.2. The lowest BCUT2D eigenvalue weighted by Crippen LogP contribution is -2.41. The molecule has 11 heteroatoms. The number of alkyl halides is 1. The molecule has 1 aliphatic rings. The Labute approximate surface area is 220 Å². The molecule has 1 unspecified atom stereocenters. The van der Waals surface area contributed by atoms with E-state index in [-0.39, 0.29) is 32.1 Å². The van der Waals surface area contributed by atoms with E-state index in [4.69, 9.17) is 9.47 Å². The van der Waals surface area contributed by atoms with Gasteiger partial charge in [-0.15, -0.1) is 0 Å². The Kier molecular flexibility index (Phi) is 9.26. The number of nitrogens with zero attached hydrogens (tertiary/aromatic N) is 2. The van der Waals surface area contributed by atoms with Gasteiger partial charge in [0, 0.05) is 19.0 Å². The van der Waals surface area contributed by atoms with Crippen LogP contribution < -0.4 is 10.2 Å². The van der Waals surface area contributed by atoms with Gasteiger partial charge in [-0.1, -0.05) is 24.3 Å². The largest absolute Gasteiger partial charge is 0.444 e. The summed E-state index contributed by atoms with van der Waals surface area (Å²) in [7, 11) is 0. The van der Waals surface area contributed by atoms with Crippen LogP contribution in [0.4, 0.5) is 24.1 Å². The van der Waals surface area contributed by atoms with Crippen LogP contribution in [0.25, 0.3) is 11.1 Å². The van der Waals surface area contributed by atoms with Crippen LogP contribution in [-0.2, 0) is 20.8 Å². The van der Waals surface area contributed by atoms with Crippen LogP contribution >= 0.6 is 0 Å². The van der Waals surface area contributed by atoms with E-state index in [1.54, 1.807) is 57.2 Å². The lowest BCUT2D eigenvalue weighted by molar-refractivity contribution is -0.119. The van der Waals surface area contributed by atoms with Crippen molar-refractivity contribution in [2.24, 2.45) is 0 Å². The number of ether oxygens (including phenoxy) is 2. The summed E-state index contributed by atoms with van der Waals surface area (Å²) in [5.41, 5.74) is 1.12. The minimum absolute atomic E-state index is 0.0599. The van der Waals surface area contributed by atoms with E-state index < -0.39 is 42.5 Å². The second-order valence-corrected chi connectivity index (χ2v) is 10.1. The molecule has 0 bridgehead atoms. The highest BCUT2D eigenvalue weighted by molar-refractivity contribution is 5.90. The molecule has 38 heavy (non-hydrogen) atoms. The zero-order chi connectivity index (χ0) is 28.0. The fourth-order valence-corrected chi connectivity index (χ4v) is 3.85. The Morgan fingerprint density at radius 2 is 1.92 bits per heavy atom. The number of halogens is 2. The number of anilines is 1. The van der Waals surface area contributed by atoms with Gasteiger partial charge in [0.25, 0.3) is 0 Å². The molecule has 0 aromatic heterocycles. The number of nitrogens with one attached hydrogen (secondary N) is 1. The summed E-state index contributed by atoms with van der Waals surface area (Å²) in [5.74, 6) is -0.786. The third-order valence-corrected chi connectivity index (χ3v) is 5.62. The maximum Gasteiger partial charge on any atom is 0.414 e. The molecular formula is C27H33F2N3O6. The second kappa shape index (κ2) is 12.2. The lowest BCUT2D eigenvalue weighted by Gasteiger charge is -2.28. The number of hydrogen-bond donors (Lipinski definition) is 2. The highest BCUT2D eigenvalue weighted by atomic mass is 19.1. The average Bonchev–Trinajstić information content (AvgIpc) is 3.22. The van der Waals surface area contributed by atoms with Gasteiger partial charge in [0.1, 0.15) is 24.2 Å². The molecule has 1 fully saturated rings. The van der Waals surface area contributed by atoms with E-state index in [2.05, 4.69) is 5.32 Å². The van der Waals surface area contributed by atoms with E-state index in [0.717, 1.165) is 0 Å².